The Bertz CT molecular complexity index is 1030. The number of benzene rings is 2. The SMILES string of the molecule is COc1ccc(C)cc1Nc1cc(C(=O)Nc2ccccc2C(C)C)nc(C)n1. The van der Waals surface area contributed by atoms with Gasteiger partial charge in [0, 0.05) is 11.8 Å². The van der Waals surface area contributed by atoms with E-state index in [1.165, 1.54) is 0 Å². The Balaban J connectivity index is 1.88. The fourth-order valence-electron chi connectivity index (χ4n) is 3.11. The fourth-order valence-corrected chi connectivity index (χ4v) is 3.11. The van der Waals surface area contributed by atoms with Crippen molar-refractivity contribution in [1.82, 2.24) is 9.97 Å². The quantitative estimate of drug-likeness (QED) is 0.603. The van der Waals surface area contributed by atoms with Crippen LogP contribution < -0.4 is 15.4 Å². The molecule has 3 rings (SSSR count). The van der Waals surface area contributed by atoms with Gasteiger partial charge in [-0.1, -0.05) is 38.1 Å². The summed E-state index contributed by atoms with van der Waals surface area (Å²) in [6, 6.07) is 15.3. The van der Waals surface area contributed by atoms with Crippen LogP contribution in [-0.4, -0.2) is 23.0 Å². The zero-order valence-electron chi connectivity index (χ0n) is 17.4. The first-order valence-electron chi connectivity index (χ1n) is 9.55. The van der Waals surface area contributed by atoms with Crippen molar-refractivity contribution in [3.8, 4) is 5.75 Å². The van der Waals surface area contributed by atoms with E-state index in [1.54, 1.807) is 20.1 Å². The van der Waals surface area contributed by atoms with Gasteiger partial charge in [0.1, 0.15) is 23.1 Å². The number of hydrogen-bond acceptors (Lipinski definition) is 5. The molecule has 0 aliphatic carbocycles. The van der Waals surface area contributed by atoms with Crippen LogP contribution in [0.15, 0.2) is 48.5 Å². The Labute approximate surface area is 171 Å². The van der Waals surface area contributed by atoms with E-state index in [9.17, 15) is 4.79 Å². The summed E-state index contributed by atoms with van der Waals surface area (Å²) in [5.74, 6) is 1.75. The molecule has 3 aromatic rings. The Morgan fingerprint density at radius 2 is 1.76 bits per heavy atom. The third-order valence-electron chi connectivity index (χ3n) is 4.52. The number of ether oxygens (including phenoxy) is 1. The molecule has 2 aromatic carbocycles. The van der Waals surface area contributed by atoms with Crippen molar-refractivity contribution in [1.29, 1.82) is 0 Å². The summed E-state index contributed by atoms with van der Waals surface area (Å²) in [5, 5.41) is 6.21. The van der Waals surface area contributed by atoms with Crippen LogP contribution in [0.5, 0.6) is 5.75 Å². The summed E-state index contributed by atoms with van der Waals surface area (Å²) < 4.78 is 5.41. The Morgan fingerprint density at radius 1 is 1.00 bits per heavy atom. The lowest BCUT2D eigenvalue weighted by Crippen LogP contribution is -2.16. The Hall–Kier alpha value is -3.41. The van der Waals surface area contributed by atoms with Crippen molar-refractivity contribution >= 4 is 23.1 Å². The lowest BCUT2D eigenvalue weighted by molar-refractivity contribution is 0.102. The molecule has 0 radical (unpaired) electrons. The monoisotopic (exact) mass is 390 g/mol. The number of carbonyl (C=O) groups excluding carboxylic acids is 1. The molecule has 0 unspecified atom stereocenters. The molecule has 150 valence electrons. The van der Waals surface area contributed by atoms with E-state index >= 15 is 0 Å². The average Bonchev–Trinajstić information content (AvgIpc) is 2.68. The molecule has 0 spiro atoms. The predicted octanol–water partition coefficient (Wildman–Crippen LogP) is 5.22. The highest BCUT2D eigenvalue weighted by molar-refractivity contribution is 6.03. The van der Waals surface area contributed by atoms with Gasteiger partial charge < -0.3 is 15.4 Å². The van der Waals surface area contributed by atoms with Crippen LogP contribution in [0.4, 0.5) is 17.2 Å². The topological polar surface area (TPSA) is 76.1 Å². The summed E-state index contributed by atoms with van der Waals surface area (Å²) in [4.78, 5) is 21.6. The Kier molecular flexibility index (Phi) is 6.12. The van der Waals surface area contributed by atoms with Crippen LogP contribution in [-0.2, 0) is 0 Å². The summed E-state index contributed by atoms with van der Waals surface area (Å²) in [7, 11) is 1.62. The van der Waals surface area contributed by atoms with E-state index in [4.69, 9.17) is 4.74 Å². The highest BCUT2D eigenvalue weighted by Gasteiger charge is 2.15. The second-order valence-corrected chi connectivity index (χ2v) is 7.21. The molecule has 29 heavy (non-hydrogen) atoms. The minimum Gasteiger partial charge on any atom is -0.495 e. The Morgan fingerprint density at radius 3 is 2.48 bits per heavy atom. The average molecular weight is 390 g/mol. The van der Waals surface area contributed by atoms with E-state index in [0.29, 0.717) is 29.0 Å². The van der Waals surface area contributed by atoms with Gasteiger partial charge in [0.15, 0.2) is 0 Å². The molecule has 0 fully saturated rings. The van der Waals surface area contributed by atoms with Gasteiger partial charge in [0.2, 0.25) is 0 Å². The number of hydrogen-bond donors (Lipinski definition) is 2. The van der Waals surface area contributed by atoms with E-state index in [0.717, 1.165) is 22.5 Å². The number of aromatic nitrogens is 2. The number of rotatable bonds is 6. The molecule has 1 amide bonds. The second-order valence-electron chi connectivity index (χ2n) is 7.21. The molecule has 0 saturated heterocycles. The molecular weight excluding hydrogens is 364 g/mol. The number of nitrogens with one attached hydrogen (secondary N) is 2. The first kappa shape index (κ1) is 20.3. The summed E-state index contributed by atoms with van der Waals surface area (Å²) in [5.41, 5.74) is 4.03. The third kappa shape index (κ3) is 4.90. The number of amides is 1. The molecule has 1 aromatic heterocycles. The van der Waals surface area contributed by atoms with E-state index in [2.05, 4.69) is 34.4 Å². The molecule has 0 saturated carbocycles. The molecule has 0 bridgehead atoms. The maximum Gasteiger partial charge on any atom is 0.274 e. The van der Waals surface area contributed by atoms with E-state index in [1.807, 2.05) is 49.4 Å². The van der Waals surface area contributed by atoms with Gasteiger partial charge in [-0.15, -0.1) is 0 Å². The highest BCUT2D eigenvalue weighted by atomic mass is 16.5. The fraction of sp³-hybridized carbons (Fsp3) is 0.261. The minimum absolute atomic E-state index is 0.275. The number of anilines is 3. The standard InChI is InChI=1S/C23H26N4O2/c1-14(2)17-8-6-7-9-18(17)27-23(28)20-13-22(25-16(4)24-20)26-19-12-15(3)10-11-21(19)29-5/h6-14H,1-5H3,(H,27,28)(H,24,25,26). The van der Waals surface area contributed by atoms with Gasteiger partial charge in [-0.2, -0.15) is 0 Å². The zero-order valence-corrected chi connectivity index (χ0v) is 17.4. The van der Waals surface area contributed by atoms with Gasteiger partial charge >= 0.3 is 0 Å². The highest BCUT2D eigenvalue weighted by Crippen LogP contribution is 2.28. The summed E-state index contributed by atoms with van der Waals surface area (Å²) in [6.07, 6.45) is 0. The minimum atomic E-state index is -0.275. The number of para-hydroxylation sites is 1. The van der Waals surface area contributed by atoms with Crippen LogP contribution in [0.1, 0.15) is 47.2 Å². The van der Waals surface area contributed by atoms with Crippen LogP contribution in [0.3, 0.4) is 0 Å². The van der Waals surface area contributed by atoms with Gasteiger partial charge in [0.25, 0.3) is 5.91 Å². The van der Waals surface area contributed by atoms with Crippen molar-refractivity contribution in [2.24, 2.45) is 0 Å². The maximum atomic E-state index is 12.9. The lowest BCUT2D eigenvalue weighted by atomic mass is 10.0. The molecule has 6 nitrogen and oxygen atoms in total. The molecule has 0 atom stereocenters. The van der Waals surface area contributed by atoms with Gasteiger partial charge in [-0.3, -0.25) is 4.79 Å². The molecule has 0 aliphatic rings. The van der Waals surface area contributed by atoms with Gasteiger partial charge in [-0.05, 0) is 49.1 Å². The van der Waals surface area contributed by atoms with Crippen molar-refractivity contribution in [3.63, 3.8) is 0 Å². The first-order valence-corrected chi connectivity index (χ1v) is 9.55. The largest absolute Gasteiger partial charge is 0.495 e. The van der Waals surface area contributed by atoms with Crippen molar-refractivity contribution < 1.29 is 9.53 Å². The second kappa shape index (κ2) is 8.73. The maximum absolute atomic E-state index is 12.9. The van der Waals surface area contributed by atoms with E-state index in [-0.39, 0.29) is 5.91 Å². The number of nitrogens with zero attached hydrogens (tertiary/aromatic N) is 2. The van der Waals surface area contributed by atoms with Crippen LogP contribution in [0.2, 0.25) is 0 Å². The zero-order chi connectivity index (χ0) is 21.0. The molecular formula is C23H26N4O2. The normalized spacial score (nSPS) is 10.7. The van der Waals surface area contributed by atoms with Crippen molar-refractivity contribution in [3.05, 3.63) is 71.2 Å². The first-order chi connectivity index (χ1) is 13.9. The molecule has 6 heteroatoms. The van der Waals surface area contributed by atoms with E-state index < -0.39 is 0 Å². The lowest BCUT2D eigenvalue weighted by Gasteiger charge is -2.15. The number of carbonyl (C=O) groups is 1. The smallest absolute Gasteiger partial charge is 0.274 e. The summed E-state index contributed by atoms with van der Waals surface area (Å²) >= 11 is 0. The molecule has 1 heterocycles. The van der Waals surface area contributed by atoms with Crippen molar-refractivity contribution in [2.45, 2.75) is 33.6 Å². The summed E-state index contributed by atoms with van der Waals surface area (Å²) in [6.45, 7) is 7.95. The third-order valence-corrected chi connectivity index (χ3v) is 4.52. The number of aryl methyl sites for hydroxylation is 2. The number of methoxy groups -OCH3 is 1. The predicted molar refractivity (Wildman–Crippen MR) is 116 cm³/mol. The van der Waals surface area contributed by atoms with Gasteiger partial charge in [0.05, 0.1) is 12.8 Å². The molecule has 0 aliphatic heterocycles. The molecule has 2 N–H and O–H groups in total. The van der Waals surface area contributed by atoms with Gasteiger partial charge in [-0.25, -0.2) is 9.97 Å². The van der Waals surface area contributed by atoms with Crippen molar-refractivity contribution in [2.75, 3.05) is 17.7 Å². The van der Waals surface area contributed by atoms with Crippen LogP contribution in [0.25, 0.3) is 0 Å². The van der Waals surface area contributed by atoms with Crippen LogP contribution >= 0.6 is 0 Å². The van der Waals surface area contributed by atoms with Crippen LogP contribution in [0, 0.1) is 13.8 Å².